The fourth-order valence-corrected chi connectivity index (χ4v) is 4.97. The van der Waals surface area contributed by atoms with Crippen LogP contribution in [-0.2, 0) is 10.0 Å². The fourth-order valence-electron chi connectivity index (χ4n) is 3.52. The van der Waals surface area contributed by atoms with Crippen LogP contribution in [0.3, 0.4) is 0 Å². The smallest absolute Gasteiger partial charge is 0.207 e. The molecule has 0 aromatic heterocycles. The van der Waals surface area contributed by atoms with E-state index in [0.29, 0.717) is 10.8 Å². The topological polar surface area (TPSA) is 46.2 Å². The van der Waals surface area contributed by atoms with Crippen LogP contribution in [0.15, 0.2) is 53.5 Å². The normalized spacial score (nSPS) is 22.2. The van der Waals surface area contributed by atoms with Crippen LogP contribution in [0, 0.1) is 12.8 Å². The molecular weight excluding hydrogens is 318 g/mol. The van der Waals surface area contributed by atoms with Crippen molar-refractivity contribution < 1.29 is 8.42 Å². The molecule has 1 N–H and O–H groups in total. The van der Waals surface area contributed by atoms with E-state index in [1.165, 1.54) is 5.57 Å². The van der Waals surface area contributed by atoms with Gasteiger partial charge in [-0.2, -0.15) is 0 Å². The molecule has 0 spiro atoms. The molecule has 1 aliphatic carbocycles. The predicted molar refractivity (Wildman–Crippen MR) is 100 cm³/mol. The van der Waals surface area contributed by atoms with Crippen molar-refractivity contribution >= 4 is 10.0 Å². The first-order valence-electron chi connectivity index (χ1n) is 8.76. The molecule has 0 aliphatic heterocycles. The number of rotatable bonds is 8. The molecule has 0 fully saturated rings. The van der Waals surface area contributed by atoms with E-state index in [4.69, 9.17) is 0 Å². The number of sulfonamides is 1. The molecule has 0 bridgehead atoms. The van der Waals surface area contributed by atoms with Gasteiger partial charge in [-0.05, 0) is 57.1 Å². The highest BCUT2D eigenvalue weighted by atomic mass is 32.2. The lowest BCUT2D eigenvalue weighted by Gasteiger charge is -2.36. The quantitative estimate of drug-likeness (QED) is 0.690. The lowest BCUT2D eigenvalue weighted by molar-refractivity contribution is 0.376. The van der Waals surface area contributed by atoms with E-state index in [-0.39, 0.29) is 0 Å². The van der Waals surface area contributed by atoms with Gasteiger partial charge in [-0.25, -0.2) is 13.1 Å². The summed E-state index contributed by atoms with van der Waals surface area (Å²) in [5.74, 6) is 0.373. The maximum atomic E-state index is 13.0. The van der Waals surface area contributed by atoms with Gasteiger partial charge in [0, 0.05) is 0 Å². The molecule has 1 aromatic rings. The molecule has 4 heteroatoms. The molecule has 2 atom stereocenters. The van der Waals surface area contributed by atoms with Crippen LogP contribution in [0.2, 0.25) is 0 Å². The Bertz CT molecular complexity index is 704. The second-order valence-electron chi connectivity index (χ2n) is 6.84. The van der Waals surface area contributed by atoms with E-state index in [9.17, 15) is 8.42 Å². The standard InChI is InChI=1S/C20H29NO2S/c1-5-7-14-20(15-8-9-19(20)17(4)6-2)21-24(22,23)18-12-10-16(3)11-13-18/h5,9-13,17,21H,1,6-8,14-15H2,2-4H3. The van der Waals surface area contributed by atoms with Crippen molar-refractivity contribution in [3.8, 4) is 0 Å². The molecule has 0 saturated heterocycles. The van der Waals surface area contributed by atoms with Crippen molar-refractivity contribution in [1.29, 1.82) is 0 Å². The van der Waals surface area contributed by atoms with Crippen molar-refractivity contribution in [2.75, 3.05) is 0 Å². The van der Waals surface area contributed by atoms with Gasteiger partial charge in [0.15, 0.2) is 0 Å². The number of hydrogen-bond donors (Lipinski definition) is 1. The predicted octanol–water partition coefficient (Wildman–Crippen LogP) is 4.74. The van der Waals surface area contributed by atoms with Crippen molar-refractivity contribution in [1.82, 2.24) is 4.72 Å². The molecule has 1 aromatic carbocycles. The first kappa shape index (κ1) is 18.9. The van der Waals surface area contributed by atoms with E-state index >= 15 is 0 Å². The van der Waals surface area contributed by atoms with E-state index < -0.39 is 15.6 Å². The summed E-state index contributed by atoms with van der Waals surface area (Å²) in [5.41, 5.74) is 1.81. The molecule has 3 nitrogen and oxygen atoms in total. The number of hydrogen-bond acceptors (Lipinski definition) is 2. The third-order valence-electron chi connectivity index (χ3n) is 5.07. The van der Waals surface area contributed by atoms with Gasteiger partial charge in [0.25, 0.3) is 0 Å². The minimum atomic E-state index is -3.55. The van der Waals surface area contributed by atoms with Gasteiger partial charge in [0.2, 0.25) is 10.0 Å². The van der Waals surface area contributed by atoms with Crippen LogP contribution < -0.4 is 4.72 Å². The van der Waals surface area contributed by atoms with Gasteiger partial charge in [-0.3, -0.25) is 0 Å². The Labute approximate surface area is 146 Å². The van der Waals surface area contributed by atoms with Gasteiger partial charge in [-0.15, -0.1) is 6.58 Å². The van der Waals surface area contributed by atoms with Crippen LogP contribution >= 0.6 is 0 Å². The molecule has 24 heavy (non-hydrogen) atoms. The SMILES string of the molecule is C=CCCC1(NS(=O)(=O)c2ccc(C)cc2)CCC=C1C(C)CC. The second-order valence-corrected chi connectivity index (χ2v) is 8.52. The monoisotopic (exact) mass is 347 g/mol. The lowest BCUT2D eigenvalue weighted by atomic mass is 9.80. The van der Waals surface area contributed by atoms with Gasteiger partial charge in [-0.1, -0.05) is 49.3 Å². The molecule has 0 radical (unpaired) electrons. The van der Waals surface area contributed by atoms with Gasteiger partial charge >= 0.3 is 0 Å². The Kier molecular flexibility index (Phi) is 6.05. The first-order chi connectivity index (χ1) is 11.3. The number of nitrogens with one attached hydrogen (secondary N) is 1. The van der Waals surface area contributed by atoms with Gasteiger partial charge in [0.05, 0.1) is 10.4 Å². The highest BCUT2D eigenvalue weighted by molar-refractivity contribution is 7.89. The van der Waals surface area contributed by atoms with E-state index in [1.54, 1.807) is 12.1 Å². The largest absolute Gasteiger partial charge is 0.241 e. The van der Waals surface area contributed by atoms with E-state index in [2.05, 4.69) is 31.2 Å². The number of benzene rings is 1. The Morgan fingerprint density at radius 3 is 2.58 bits per heavy atom. The van der Waals surface area contributed by atoms with Crippen LogP contribution in [0.1, 0.15) is 51.5 Å². The van der Waals surface area contributed by atoms with E-state index in [1.807, 2.05) is 25.1 Å². The highest BCUT2D eigenvalue weighted by Crippen LogP contribution is 2.41. The molecule has 2 unspecified atom stereocenters. The fraction of sp³-hybridized carbons (Fsp3) is 0.500. The summed E-state index contributed by atoms with van der Waals surface area (Å²) in [7, 11) is -3.55. The molecular formula is C20H29NO2S. The molecule has 0 amide bonds. The third-order valence-corrected chi connectivity index (χ3v) is 6.62. The summed E-state index contributed by atoms with van der Waals surface area (Å²) in [6.07, 6.45) is 8.41. The Morgan fingerprint density at radius 2 is 2.00 bits per heavy atom. The Balaban J connectivity index is 2.37. The molecule has 0 saturated carbocycles. The van der Waals surface area contributed by atoms with Crippen LogP contribution in [-0.4, -0.2) is 14.0 Å². The lowest BCUT2D eigenvalue weighted by Crippen LogP contribution is -2.49. The summed E-state index contributed by atoms with van der Waals surface area (Å²) in [5, 5.41) is 0. The molecule has 0 heterocycles. The van der Waals surface area contributed by atoms with Crippen molar-refractivity contribution in [3.05, 3.63) is 54.1 Å². The van der Waals surface area contributed by atoms with Crippen LogP contribution in [0.25, 0.3) is 0 Å². The Hall–Kier alpha value is -1.39. The van der Waals surface area contributed by atoms with Crippen LogP contribution in [0.4, 0.5) is 0 Å². The maximum absolute atomic E-state index is 13.0. The zero-order valence-electron chi connectivity index (χ0n) is 15.0. The zero-order chi connectivity index (χ0) is 17.8. The molecule has 2 rings (SSSR count). The first-order valence-corrected chi connectivity index (χ1v) is 10.2. The summed E-state index contributed by atoms with van der Waals surface area (Å²) < 4.78 is 29.0. The minimum absolute atomic E-state index is 0.335. The second kappa shape index (κ2) is 7.66. The number of aryl methyl sites for hydroxylation is 1. The minimum Gasteiger partial charge on any atom is -0.207 e. The van der Waals surface area contributed by atoms with Crippen molar-refractivity contribution in [2.45, 2.75) is 63.3 Å². The molecule has 132 valence electrons. The average molecular weight is 348 g/mol. The summed E-state index contributed by atoms with van der Waals surface area (Å²) >= 11 is 0. The summed E-state index contributed by atoms with van der Waals surface area (Å²) in [6.45, 7) is 10.1. The van der Waals surface area contributed by atoms with Crippen molar-refractivity contribution in [2.24, 2.45) is 5.92 Å². The summed E-state index contributed by atoms with van der Waals surface area (Å²) in [4.78, 5) is 0.335. The highest BCUT2D eigenvalue weighted by Gasteiger charge is 2.41. The average Bonchev–Trinajstić information content (AvgIpc) is 2.95. The van der Waals surface area contributed by atoms with Crippen molar-refractivity contribution in [3.63, 3.8) is 0 Å². The maximum Gasteiger partial charge on any atom is 0.241 e. The van der Waals surface area contributed by atoms with Gasteiger partial charge in [0.1, 0.15) is 0 Å². The third kappa shape index (κ3) is 3.98. The molecule has 1 aliphatic rings. The number of allylic oxidation sites excluding steroid dienone is 2. The zero-order valence-corrected chi connectivity index (χ0v) is 15.8. The van der Waals surface area contributed by atoms with Gasteiger partial charge < -0.3 is 0 Å². The Morgan fingerprint density at radius 1 is 1.33 bits per heavy atom. The van der Waals surface area contributed by atoms with E-state index in [0.717, 1.165) is 37.7 Å². The van der Waals surface area contributed by atoms with Crippen LogP contribution in [0.5, 0.6) is 0 Å². The summed E-state index contributed by atoms with van der Waals surface area (Å²) in [6, 6.07) is 7.04.